The van der Waals surface area contributed by atoms with E-state index in [9.17, 15) is 0 Å². The maximum absolute atomic E-state index is 5.91. The van der Waals surface area contributed by atoms with Gasteiger partial charge >= 0.3 is 0 Å². The lowest BCUT2D eigenvalue weighted by Gasteiger charge is -2.26. The third-order valence-corrected chi connectivity index (χ3v) is 3.43. The van der Waals surface area contributed by atoms with E-state index < -0.39 is 0 Å². The average molecular weight is 269 g/mol. The second-order valence-corrected chi connectivity index (χ2v) is 5.30. The summed E-state index contributed by atoms with van der Waals surface area (Å²) >= 11 is 5.91. The molecule has 0 aliphatic carbocycles. The summed E-state index contributed by atoms with van der Waals surface area (Å²) in [6, 6.07) is 6.59. The van der Waals surface area contributed by atoms with Gasteiger partial charge in [-0.2, -0.15) is 0 Å². The summed E-state index contributed by atoms with van der Waals surface area (Å²) in [5, 5.41) is 0. The van der Waals surface area contributed by atoms with Crippen LogP contribution in [-0.2, 0) is 5.88 Å². The Kier molecular flexibility index (Phi) is 6.51. The first-order valence-electron chi connectivity index (χ1n) is 6.63. The standard InChI is InChI=1S/C15H25ClN2/c1-5-8-18(10-9-17(3)4)15-7-6-14(12-16)13(2)11-15/h6-7,11H,5,8-10,12H2,1-4H3. The molecule has 0 saturated heterocycles. The van der Waals surface area contributed by atoms with Gasteiger partial charge in [-0.15, -0.1) is 11.6 Å². The molecule has 0 unspecified atom stereocenters. The molecule has 0 fully saturated rings. The lowest BCUT2D eigenvalue weighted by Crippen LogP contribution is -2.32. The maximum atomic E-state index is 5.91. The van der Waals surface area contributed by atoms with Crippen molar-refractivity contribution in [2.24, 2.45) is 0 Å². The van der Waals surface area contributed by atoms with E-state index in [1.165, 1.54) is 23.2 Å². The smallest absolute Gasteiger partial charge is 0.0476 e. The van der Waals surface area contributed by atoms with Gasteiger partial charge in [0.15, 0.2) is 0 Å². The van der Waals surface area contributed by atoms with Gasteiger partial charge in [0.2, 0.25) is 0 Å². The summed E-state index contributed by atoms with van der Waals surface area (Å²) in [6.45, 7) is 7.62. The Morgan fingerprint density at radius 2 is 1.83 bits per heavy atom. The molecule has 0 aliphatic rings. The van der Waals surface area contributed by atoms with Crippen LogP contribution in [0.3, 0.4) is 0 Å². The zero-order valence-electron chi connectivity index (χ0n) is 12.0. The highest BCUT2D eigenvalue weighted by molar-refractivity contribution is 6.17. The first-order valence-corrected chi connectivity index (χ1v) is 7.17. The van der Waals surface area contributed by atoms with Gasteiger partial charge in [-0.1, -0.05) is 13.0 Å². The number of likely N-dealkylation sites (N-methyl/N-ethyl adjacent to an activating group) is 1. The summed E-state index contributed by atoms with van der Waals surface area (Å²) in [5.41, 5.74) is 3.82. The lowest BCUT2D eigenvalue weighted by molar-refractivity contribution is 0.413. The van der Waals surface area contributed by atoms with Crippen LogP contribution in [0.25, 0.3) is 0 Å². The Hall–Kier alpha value is -0.730. The molecule has 0 amide bonds. The van der Waals surface area contributed by atoms with E-state index in [0.29, 0.717) is 5.88 Å². The van der Waals surface area contributed by atoms with E-state index in [0.717, 1.165) is 19.6 Å². The summed E-state index contributed by atoms with van der Waals surface area (Å²) in [6.07, 6.45) is 1.17. The van der Waals surface area contributed by atoms with Crippen LogP contribution in [-0.4, -0.2) is 38.6 Å². The topological polar surface area (TPSA) is 6.48 Å². The lowest BCUT2D eigenvalue weighted by atomic mass is 10.1. The van der Waals surface area contributed by atoms with E-state index in [4.69, 9.17) is 11.6 Å². The highest BCUT2D eigenvalue weighted by atomic mass is 35.5. The molecule has 102 valence electrons. The molecule has 1 aromatic rings. The van der Waals surface area contributed by atoms with Crippen LogP contribution in [0.4, 0.5) is 5.69 Å². The van der Waals surface area contributed by atoms with Crippen molar-refractivity contribution in [3.63, 3.8) is 0 Å². The number of anilines is 1. The second kappa shape index (κ2) is 7.65. The zero-order valence-corrected chi connectivity index (χ0v) is 12.8. The normalized spacial score (nSPS) is 11.0. The van der Waals surface area contributed by atoms with E-state index >= 15 is 0 Å². The van der Waals surface area contributed by atoms with Gasteiger partial charge in [-0.25, -0.2) is 0 Å². The minimum Gasteiger partial charge on any atom is -0.370 e. The quantitative estimate of drug-likeness (QED) is 0.699. The molecule has 0 heterocycles. The van der Waals surface area contributed by atoms with Crippen molar-refractivity contribution in [1.82, 2.24) is 4.90 Å². The van der Waals surface area contributed by atoms with Gasteiger partial charge in [0.1, 0.15) is 0 Å². The first kappa shape index (κ1) is 15.3. The Morgan fingerprint density at radius 3 is 2.33 bits per heavy atom. The Labute approximate surface area is 117 Å². The van der Waals surface area contributed by atoms with Crippen LogP contribution in [0.15, 0.2) is 18.2 Å². The number of benzene rings is 1. The van der Waals surface area contributed by atoms with E-state index in [-0.39, 0.29) is 0 Å². The van der Waals surface area contributed by atoms with Crippen LogP contribution in [0.1, 0.15) is 24.5 Å². The molecule has 0 aromatic heterocycles. The van der Waals surface area contributed by atoms with Crippen molar-refractivity contribution < 1.29 is 0 Å². The van der Waals surface area contributed by atoms with E-state index in [2.05, 4.69) is 55.9 Å². The predicted octanol–water partition coefficient (Wildman–Crippen LogP) is 3.51. The average Bonchev–Trinajstić information content (AvgIpc) is 2.34. The van der Waals surface area contributed by atoms with Gasteiger partial charge in [0.25, 0.3) is 0 Å². The van der Waals surface area contributed by atoms with Crippen LogP contribution < -0.4 is 4.90 Å². The van der Waals surface area contributed by atoms with Gasteiger partial charge < -0.3 is 9.80 Å². The largest absolute Gasteiger partial charge is 0.370 e. The van der Waals surface area contributed by atoms with Crippen molar-refractivity contribution in [1.29, 1.82) is 0 Å². The fourth-order valence-corrected chi connectivity index (χ4v) is 2.29. The van der Waals surface area contributed by atoms with Gasteiger partial charge in [-0.3, -0.25) is 0 Å². The molecule has 0 radical (unpaired) electrons. The summed E-state index contributed by atoms with van der Waals surface area (Å²) in [4.78, 5) is 4.67. The van der Waals surface area contributed by atoms with Gasteiger partial charge in [-0.05, 0) is 50.7 Å². The summed E-state index contributed by atoms with van der Waals surface area (Å²) in [7, 11) is 4.23. The number of aryl methyl sites for hydroxylation is 1. The minimum atomic E-state index is 0.595. The Bertz CT molecular complexity index is 364. The van der Waals surface area contributed by atoms with Crippen molar-refractivity contribution in [2.45, 2.75) is 26.1 Å². The monoisotopic (exact) mass is 268 g/mol. The van der Waals surface area contributed by atoms with Crippen molar-refractivity contribution in [3.05, 3.63) is 29.3 Å². The molecule has 1 aromatic carbocycles. The van der Waals surface area contributed by atoms with Crippen molar-refractivity contribution in [3.8, 4) is 0 Å². The number of alkyl halides is 1. The SMILES string of the molecule is CCCN(CCN(C)C)c1ccc(CCl)c(C)c1. The molecule has 0 atom stereocenters. The summed E-state index contributed by atoms with van der Waals surface area (Å²) < 4.78 is 0. The molecule has 1 rings (SSSR count). The molecular weight excluding hydrogens is 244 g/mol. The highest BCUT2D eigenvalue weighted by Crippen LogP contribution is 2.20. The first-order chi connectivity index (χ1) is 8.58. The fraction of sp³-hybridized carbons (Fsp3) is 0.600. The highest BCUT2D eigenvalue weighted by Gasteiger charge is 2.07. The molecule has 0 aliphatic heterocycles. The van der Waals surface area contributed by atoms with Crippen molar-refractivity contribution in [2.75, 3.05) is 38.6 Å². The van der Waals surface area contributed by atoms with Gasteiger partial charge in [0.05, 0.1) is 0 Å². The van der Waals surface area contributed by atoms with Crippen LogP contribution in [0.2, 0.25) is 0 Å². The predicted molar refractivity (Wildman–Crippen MR) is 81.8 cm³/mol. The molecule has 18 heavy (non-hydrogen) atoms. The van der Waals surface area contributed by atoms with Crippen LogP contribution in [0, 0.1) is 6.92 Å². The third-order valence-electron chi connectivity index (χ3n) is 3.15. The molecule has 0 bridgehead atoms. The summed E-state index contributed by atoms with van der Waals surface area (Å²) in [5.74, 6) is 0.595. The number of hydrogen-bond donors (Lipinski definition) is 0. The number of halogens is 1. The number of nitrogens with zero attached hydrogens (tertiary/aromatic N) is 2. The maximum Gasteiger partial charge on any atom is 0.0476 e. The van der Waals surface area contributed by atoms with Crippen molar-refractivity contribution >= 4 is 17.3 Å². The molecule has 2 nitrogen and oxygen atoms in total. The molecule has 0 N–H and O–H groups in total. The molecule has 3 heteroatoms. The second-order valence-electron chi connectivity index (χ2n) is 5.03. The van der Waals surface area contributed by atoms with Crippen LogP contribution >= 0.6 is 11.6 Å². The van der Waals surface area contributed by atoms with Gasteiger partial charge in [0, 0.05) is 31.2 Å². The Morgan fingerprint density at radius 1 is 1.11 bits per heavy atom. The zero-order chi connectivity index (χ0) is 13.5. The molecular formula is C15H25ClN2. The Balaban J connectivity index is 2.81. The number of rotatable bonds is 7. The number of hydrogen-bond acceptors (Lipinski definition) is 2. The van der Waals surface area contributed by atoms with E-state index in [1.807, 2.05) is 0 Å². The minimum absolute atomic E-state index is 0.595. The third kappa shape index (κ3) is 4.51. The fourth-order valence-electron chi connectivity index (χ4n) is 1.99. The van der Waals surface area contributed by atoms with Crippen LogP contribution in [0.5, 0.6) is 0 Å². The van der Waals surface area contributed by atoms with E-state index in [1.54, 1.807) is 0 Å². The molecule has 0 spiro atoms. The molecule has 0 saturated carbocycles.